The average Bonchev–Trinajstić information content (AvgIpc) is 2.46. The third kappa shape index (κ3) is 3.05. The summed E-state index contributed by atoms with van der Waals surface area (Å²) >= 11 is 1.47. The summed E-state index contributed by atoms with van der Waals surface area (Å²) < 4.78 is 0. The van der Waals surface area contributed by atoms with Gasteiger partial charge < -0.3 is 10.6 Å². The zero-order valence-corrected chi connectivity index (χ0v) is 12.2. The minimum absolute atomic E-state index is 0.0505. The van der Waals surface area contributed by atoms with Gasteiger partial charge in [0.2, 0.25) is 5.91 Å². The van der Waals surface area contributed by atoms with E-state index in [4.69, 9.17) is 0 Å². The van der Waals surface area contributed by atoms with Crippen LogP contribution in [0.15, 0.2) is 41.3 Å². The van der Waals surface area contributed by atoms with Crippen LogP contribution in [0.4, 0.5) is 11.5 Å². The lowest BCUT2D eigenvalue weighted by atomic mass is 10.2. The summed E-state index contributed by atoms with van der Waals surface area (Å²) in [5.74, 6) is 0.619. The van der Waals surface area contributed by atoms with Gasteiger partial charge in [0.05, 0.1) is 11.4 Å². The Balaban J connectivity index is 1.82. The number of amides is 2. The molecular weight excluding hydrogens is 286 g/mol. The van der Waals surface area contributed by atoms with Crippen LogP contribution >= 0.6 is 11.8 Å². The number of rotatable bonds is 2. The standard InChI is InChI=1S/C15H13N3O2S/c1-9-3-2-4-13(16-9)18-15(20)10-5-6-12-11(7-10)17-14(19)8-21-12/h2-7H,8H2,1H3,(H,17,19)(H,16,18,20). The van der Waals surface area contributed by atoms with Crippen LogP contribution in [0.2, 0.25) is 0 Å². The lowest BCUT2D eigenvalue weighted by molar-refractivity contribution is -0.113. The summed E-state index contributed by atoms with van der Waals surface area (Å²) in [5, 5.41) is 5.52. The number of carbonyl (C=O) groups excluding carboxylic acids is 2. The number of anilines is 2. The molecule has 2 aromatic rings. The van der Waals surface area contributed by atoms with Crippen molar-refractivity contribution in [3.63, 3.8) is 0 Å². The summed E-state index contributed by atoms with van der Waals surface area (Å²) in [4.78, 5) is 28.8. The molecule has 2 heterocycles. The average molecular weight is 299 g/mol. The van der Waals surface area contributed by atoms with Gasteiger partial charge in [-0.15, -0.1) is 11.8 Å². The first-order valence-electron chi connectivity index (χ1n) is 6.43. The molecule has 1 aliphatic heterocycles. The maximum absolute atomic E-state index is 12.2. The number of hydrogen-bond acceptors (Lipinski definition) is 4. The Morgan fingerprint density at radius 2 is 2.19 bits per heavy atom. The molecule has 0 saturated carbocycles. The molecule has 0 aliphatic carbocycles. The van der Waals surface area contributed by atoms with Crippen molar-refractivity contribution in [2.24, 2.45) is 0 Å². The number of thioether (sulfide) groups is 1. The van der Waals surface area contributed by atoms with Crippen molar-refractivity contribution in [2.45, 2.75) is 11.8 Å². The molecule has 6 heteroatoms. The van der Waals surface area contributed by atoms with E-state index >= 15 is 0 Å². The van der Waals surface area contributed by atoms with Crippen LogP contribution in [-0.4, -0.2) is 22.6 Å². The highest BCUT2D eigenvalue weighted by Crippen LogP contribution is 2.32. The van der Waals surface area contributed by atoms with Crippen LogP contribution in [0.1, 0.15) is 16.1 Å². The summed E-state index contributed by atoms with van der Waals surface area (Å²) in [6, 6.07) is 10.7. The van der Waals surface area contributed by atoms with Crippen LogP contribution in [0.3, 0.4) is 0 Å². The fourth-order valence-electron chi connectivity index (χ4n) is 2.03. The van der Waals surface area contributed by atoms with Gasteiger partial charge in [-0.1, -0.05) is 6.07 Å². The van der Waals surface area contributed by atoms with Gasteiger partial charge in [-0.3, -0.25) is 9.59 Å². The van der Waals surface area contributed by atoms with Crippen molar-refractivity contribution in [1.29, 1.82) is 0 Å². The molecule has 2 amide bonds. The Morgan fingerprint density at radius 3 is 3.00 bits per heavy atom. The summed E-state index contributed by atoms with van der Waals surface area (Å²) in [6.07, 6.45) is 0. The maximum atomic E-state index is 12.2. The predicted octanol–water partition coefficient (Wildman–Crippen LogP) is 2.69. The van der Waals surface area contributed by atoms with E-state index in [1.807, 2.05) is 25.1 Å². The summed E-state index contributed by atoms with van der Waals surface area (Å²) in [7, 11) is 0. The van der Waals surface area contributed by atoms with Gasteiger partial charge in [0.25, 0.3) is 5.91 Å². The van der Waals surface area contributed by atoms with E-state index in [1.54, 1.807) is 18.2 Å². The molecule has 1 aliphatic rings. The highest BCUT2D eigenvalue weighted by atomic mass is 32.2. The minimum atomic E-state index is -0.249. The Morgan fingerprint density at radius 1 is 1.33 bits per heavy atom. The third-order valence-corrected chi connectivity index (χ3v) is 4.08. The molecule has 3 rings (SSSR count). The van der Waals surface area contributed by atoms with Gasteiger partial charge in [-0.05, 0) is 37.3 Å². The number of aryl methyl sites for hydroxylation is 1. The molecule has 0 bridgehead atoms. The number of nitrogens with zero attached hydrogens (tertiary/aromatic N) is 1. The number of fused-ring (bicyclic) bond motifs is 1. The van der Waals surface area contributed by atoms with Crippen molar-refractivity contribution in [3.8, 4) is 0 Å². The first-order chi connectivity index (χ1) is 10.1. The molecule has 21 heavy (non-hydrogen) atoms. The van der Waals surface area contributed by atoms with Crippen molar-refractivity contribution in [3.05, 3.63) is 47.7 Å². The Kier molecular flexibility index (Phi) is 3.62. The van der Waals surface area contributed by atoms with Crippen LogP contribution < -0.4 is 10.6 Å². The molecule has 1 aromatic carbocycles. The van der Waals surface area contributed by atoms with Crippen LogP contribution in [0, 0.1) is 6.92 Å². The van der Waals surface area contributed by atoms with Gasteiger partial charge in [-0.2, -0.15) is 0 Å². The fourth-order valence-corrected chi connectivity index (χ4v) is 2.81. The number of hydrogen-bond donors (Lipinski definition) is 2. The van der Waals surface area contributed by atoms with Gasteiger partial charge in [0.1, 0.15) is 5.82 Å². The van der Waals surface area contributed by atoms with Gasteiger partial charge in [0, 0.05) is 16.2 Å². The van der Waals surface area contributed by atoms with E-state index in [-0.39, 0.29) is 11.8 Å². The molecule has 0 saturated heterocycles. The molecule has 0 spiro atoms. The summed E-state index contributed by atoms with van der Waals surface area (Å²) in [5.41, 5.74) is 2.00. The lowest BCUT2D eigenvalue weighted by Crippen LogP contribution is -2.20. The maximum Gasteiger partial charge on any atom is 0.256 e. The Hall–Kier alpha value is -2.34. The van der Waals surface area contributed by atoms with E-state index in [1.165, 1.54) is 11.8 Å². The molecule has 0 fully saturated rings. The zero-order chi connectivity index (χ0) is 14.8. The van der Waals surface area contributed by atoms with E-state index in [0.717, 1.165) is 10.6 Å². The van der Waals surface area contributed by atoms with E-state index in [2.05, 4.69) is 15.6 Å². The quantitative estimate of drug-likeness (QED) is 0.894. The van der Waals surface area contributed by atoms with Crippen molar-refractivity contribution >= 4 is 35.1 Å². The lowest BCUT2D eigenvalue weighted by Gasteiger charge is -2.16. The van der Waals surface area contributed by atoms with Crippen molar-refractivity contribution in [2.75, 3.05) is 16.4 Å². The van der Waals surface area contributed by atoms with E-state index < -0.39 is 0 Å². The number of pyridine rings is 1. The first-order valence-corrected chi connectivity index (χ1v) is 7.42. The third-order valence-electron chi connectivity index (χ3n) is 3.00. The number of benzene rings is 1. The normalized spacial score (nSPS) is 13.3. The molecule has 2 N–H and O–H groups in total. The first kappa shape index (κ1) is 13.6. The Bertz CT molecular complexity index is 731. The second-order valence-electron chi connectivity index (χ2n) is 4.67. The SMILES string of the molecule is Cc1cccc(NC(=O)c2ccc3c(c2)NC(=O)CS3)n1. The van der Waals surface area contributed by atoms with Crippen LogP contribution in [0.5, 0.6) is 0 Å². The largest absolute Gasteiger partial charge is 0.324 e. The highest BCUT2D eigenvalue weighted by molar-refractivity contribution is 8.00. The fraction of sp³-hybridized carbons (Fsp3) is 0.133. The van der Waals surface area contributed by atoms with E-state index in [9.17, 15) is 9.59 Å². The topological polar surface area (TPSA) is 71.1 Å². The molecular formula is C15H13N3O2S. The molecule has 0 atom stereocenters. The predicted molar refractivity (Wildman–Crippen MR) is 82.7 cm³/mol. The second-order valence-corrected chi connectivity index (χ2v) is 5.68. The molecule has 0 unspecified atom stereocenters. The Labute approximate surface area is 126 Å². The van der Waals surface area contributed by atoms with Crippen molar-refractivity contribution in [1.82, 2.24) is 4.98 Å². The van der Waals surface area contributed by atoms with Crippen molar-refractivity contribution < 1.29 is 9.59 Å². The number of aromatic nitrogens is 1. The van der Waals surface area contributed by atoms with E-state index in [0.29, 0.717) is 22.8 Å². The smallest absolute Gasteiger partial charge is 0.256 e. The molecule has 1 aromatic heterocycles. The number of carbonyl (C=O) groups is 2. The van der Waals surface area contributed by atoms with Gasteiger partial charge in [0.15, 0.2) is 0 Å². The van der Waals surface area contributed by atoms with Gasteiger partial charge in [-0.25, -0.2) is 4.98 Å². The molecule has 5 nitrogen and oxygen atoms in total. The van der Waals surface area contributed by atoms with Crippen LogP contribution in [-0.2, 0) is 4.79 Å². The highest BCUT2D eigenvalue weighted by Gasteiger charge is 2.17. The second kappa shape index (κ2) is 5.57. The number of nitrogens with one attached hydrogen (secondary N) is 2. The minimum Gasteiger partial charge on any atom is -0.324 e. The monoisotopic (exact) mass is 299 g/mol. The molecule has 106 valence electrons. The zero-order valence-electron chi connectivity index (χ0n) is 11.3. The van der Waals surface area contributed by atoms with Crippen LogP contribution in [0.25, 0.3) is 0 Å². The molecule has 0 radical (unpaired) electrons. The van der Waals surface area contributed by atoms with Gasteiger partial charge >= 0.3 is 0 Å². The summed E-state index contributed by atoms with van der Waals surface area (Å²) in [6.45, 7) is 1.86.